The van der Waals surface area contributed by atoms with Crippen LogP contribution >= 0.6 is 15.9 Å². The van der Waals surface area contributed by atoms with Crippen molar-refractivity contribution in [2.45, 2.75) is 13.0 Å². The monoisotopic (exact) mass is 244 g/mol. The van der Waals surface area contributed by atoms with E-state index in [1.54, 1.807) is 7.11 Å². The maximum Gasteiger partial charge on any atom is 0.161 e. The van der Waals surface area contributed by atoms with E-state index in [0.29, 0.717) is 0 Å². The first-order valence-corrected chi connectivity index (χ1v) is 5.25. The van der Waals surface area contributed by atoms with Crippen molar-refractivity contribution < 1.29 is 9.47 Å². The zero-order valence-corrected chi connectivity index (χ0v) is 9.37. The Morgan fingerprint density at radius 2 is 1.92 bits per heavy atom. The van der Waals surface area contributed by atoms with Gasteiger partial charge in [0.05, 0.1) is 7.11 Å². The number of rotatable bonds is 4. The molecule has 0 saturated heterocycles. The molecule has 0 amide bonds. The molecule has 0 aromatic heterocycles. The van der Waals surface area contributed by atoms with Crippen molar-refractivity contribution in [2.24, 2.45) is 0 Å². The van der Waals surface area contributed by atoms with Crippen molar-refractivity contribution in [3.8, 4) is 11.5 Å². The molecule has 0 spiro atoms. The fraction of sp³-hybridized carbons (Fsp3) is 0.400. The molecule has 0 bridgehead atoms. The molecule has 0 heterocycles. The zero-order chi connectivity index (χ0) is 9.68. The lowest BCUT2D eigenvalue weighted by Gasteiger charge is -2.14. The Balaban J connectivity index is 2.74. The molecule has 0 fully saturated rings. The first-order chi connectivity index (χ1) is 6.27. The van der Waals surface area contributed by atoms with Crippen LogP contribution in [0.2, 0.25) is 0 Å². The molecule has 0 saturated carbocycles. The van der Waals surface area contributed by atoms with E-state index in [1.165, 1.54) is 0 Å². The summed E-state index contributed by atoms with van der Waals surface area (Å²) in [6.07, 6.45) is 0.149. The van der Waals surface area contributed by atoms with E-state index in [9.17, 15) is 0 Å². The van der Waals surface area contributed by atoms with Gasteiger partial charge in [0.2, 0.25) is 0 Å². The molecule has 1 atom stereocenters. The summed E-state index contributed by atoms with van der Waals surface area (Å²) in [6.45, 7) is 2.00. The summed E-state index contributed by atoms with van der Waals surface area (Å²) < 4.78 is 10.8. The minimum Gasteiger partial charge on any atom is -0.493 e. The van der Waals surface area contributed by atoms with Crippen molar-refractivity contribution in [1.82, 2.24) is 0 Å². The fourth-order valence-corrected chi connectivity index (χ4v) is 1.10. The van der Waals surface area contributed by atoms with Gasteiger partial charge >= 0.3 is 0 Å². The smallest absolute Gasteiger partial charge is 0.161 e. The standard InChI is InChI=1S/C10H13BrO2/c1-8(7-11)13-10-6-4-3-5-9(10)12-2/h3-6,8H,7H2,1-2H3/t8-/m0/s1. The first kappa shape index (κ1) is 10.4. The van der Waals surface area contributed by atoms with Crippen LogP contribution in [0.3, 0.4) is 0 Å². The Morgan fingerprint density at radius 1 is 1.31 bits per heavy atom. The van der Waals surface area contributed by atoms with Gasteiger partial charge in [-0.3, -0.25) is 0 Å². The second-order valence-electron chi connectivity index (χ2n) is 2.73. The van der Waals surface area contributed by atoms with Crippen molar-refractivity contribution >= 4 is 15.9 Å². The number of ether oxygens (including phenoxy) is 2. The van der Waals surface area contributed by atoms with Crippen molar-refractivity contribution in [3.63, 3.8) is 0 Å². The van der Waals surface area contributed by atoms with Crippen LogP contribution in [0.15, 0.2) is 24.3 Å². The van der Waals surface area contributed by atoms with Crippen LogP contribution in [0.5, 0.6) is 11.5 Å². The molecule has 2 nitrogen and oxygen atoms in total. The number of halogens is 1. The van der Waals surface area contributed by atoms with Gasteiger partial charge in [0.25, 0.3) is 0 Å². The van der Waals surface area contributed by atoms with E-state index >= 15 is 0 Å². The van der Waals surface area contributed by atoms with Crippen LogP contribution in [-0.4, -0.2) is 18.5 Å². The minimum atomic E-state index is 0.149. The van der Waals surface area contributed by atoms with E-state index < -0.39 is 0 Å². The molecular formula is C10H13BrO2. The van der Waals surface area contributed by atoms with Gasteiger partial charge in [-0.2, -0.15) is 0 Å². The normalized spacial score (nSPS) is 12.2. The van der Waals surface area contributed by atoms with Gasteiger partial charge in [-0.1, -0.05) is 28.1 Å². The second kappa shape index (κ2) is 5.12. The van der Waals surface area contributed by atoms with Gasteiger partial charge in [0, 0.05) is 5.33 Å². The van der Waals surface area contributed by atoms with Crippen LogP contribution in [0, 0.1) is 0 Å². The lowest BCUT2D eigenvalue weighted by atomic mass is 10.3. The number of alkyl halides is 1. The number of hydrogen-bond donors (Lipinski definition) is 0. The average Bonchev–Trinajstić information content (AvgIpc) is 2.18. The quantitative estimate of drug-likeness (QED) is 0.759. The molecule has 1 rings (SSSR count). The van der Waals surface area contributed by atoms with Crippen LogP contribution in [-0.2, 0) is 0 Å². The molecule has 0 aliphatic heterocycles. The SMILES string of the molecule is COc1ccccc1O[C@@H](C)CBr. The third-order valence-corrected chi connectivity index (χ3v) is 2.53. The highest BCUT2D eigenvalue weighted by Crippen LogP contribution is 2.26. The largest absolute Gasteiger partial charge is 0.493 e. The Kier molecular flexibility index (Phi) is 4.09. The highest BCUT2D eigenvalue weighted by molar-refractivity contribution is 9.09. The van der Waals surface area contributed by atoms with Crippen molar-refractivity contribution in [2.75, 3.05) is 12.4 Å². The Labute approximate surface area is 87.0 Å². The van der Waals surface area contributed by atoms with Gasteiger partial charge in [-0.25, -0.2) is 0 Å². The second-order valence-corrected chi connectivity index (χ2v) is 3.38. The predicted molar refractivity (Wildman–Crippen MR) is 56.9 cm³/mol. The summed E-state index contributed by atoms with van der Waals surface area (Å²) in [5, 5.41) is 0.811. The molecule has 1 aromatic rings. The lowest BCUT2D eigenvalue weighted by molar-refractivity contribution is 0.235. The molecule has 0 aliphatic carbocycles. The summed E-state index contributed by atoms with van der Waals surface area (Å²) in [7, 11) is 1.64. The lowest BCUT2D eigenvalue weighted by Crippen LogP contribution is -2.13. The third kappa shape index (κ3) is 2.92. The first-order valence-electron chi connectivity index (χ1n) is 4.13. The van der Waals surface area contributed by atoms with Gasteiger partial charge in [-0.15, -0.1) is 0 Å². The van der Waals surface area contributed by atoms with Crippen LogP contribution in [0.4, 0.5) is 0 Å². The Bertz CT molecular complexity index is 263. The van der Waals surface area contributed by atoms with E-state index in [-0.39, 0.29) is 6.10 Å². The van der Waals surface area contributed by atoms with Gasteiger partial charge in [-0.05, 0) is 19.1 Å². The molecule has 3 heteroatoms. The molecule has 1 aromatic carbocycles. The van der Waals surface area contributed by atoms with E-state index in [1.807, 2.05) is 31.2 Å². The van der Waals surface area contributed by atoms with Crippen molar-refractivity contribution in [1.29, 1.82) is 0 Å². The van der Waals surface area contributed by atoms with E-state index in [4.69, 9.17) is 9.47 Å². The summed E-state index contributed by atoms with van der Waals surface area (Å²) in [5.41, 5.74) is 0. The van der Waals surface area contributed by atoms with Gasteiger partial charge in [0.1, 0.15) is 6.10 Å². The predicted octanol–water partition coefficient (Wildman–Crippen LogP) is 2.86. The molecule has 0 radical (unpaired) electrons. The Hall–Kier alpha value is -0.700. The van der Waals surface area contributed by atoms with Gasteiger partial charge in [0.15, 0.2) is 11.5 Å². The summed E-state index contributed by atoms with van der Waals surface area (Å²) in [4.78, 5) is 0. The molecule has 0 aliphatic rings. The Morgan fingerprint density at radius 3 is 2.46 bits per heavy atom. The highest BCUT2D eigenvalue weighted by Gasteiger charge is 2.06. The van der Waals surface area contributed by atoms with Crippen LogP contribution < -0.4 is 9.47 Å². The fourth-order valence-electron chi connectivity index (χ4n) is 0.964. The number of methoxy groups -OCH3 is 1. The summed E-state index contributed by atoms with van der Waals surface area (Å²) >= 11 is 3.35. The van der Waals surface area contributed by atoms with Crippen LogP contribution in [0.25, 0.3) is 0 Å². The van der Waals surface area contributed by atoms with Crippen LogP contribution in [0.1, 0.15) is 6.92 Å². The van der Waals surface area contributed by atoms with Gasteiger partial charge < -0.3 is 9.47 Å². The highest BCUT2D eigenvalue weighted by atomic mass is 79.9. The number of hydrogen-bond acceptors (Lipinski definition) is 2. The topological polar surface area (TPSA) is 18.5 Å². The molecular weight excluding hydrogens is 232 g/mol. The van der Waals surface area contributed by atoms with Crippen molar-refractivity contribution in [3.05, 3.63) is 24.3 Å². The summed E-state index contributed by atoms with van der Waals surface area (Å²) in [6, 6.07) is 7.64. The molecule has 72 valence electrons. The average molecular weight is 245 g/mol. The van der Waals surface area contributed by atoms with E-state index in [2.05, 4.69) is 15.9 Å². The molecule has 13 heavy (non-hydrogen) atoms. The maximum absolute atomic E-state index is 5.61. The number of benzene rings is 1. The third-order valence-electron chi connectivity index (χ3n) is 1.61. The number of para-hydroxylation sites is 2. The maximum atomic E-state index is 5.61. The molecule has 0 unspecified atom stereocenters. The zero-order valence-electron chi connectivity index (χ0n) is 7.79. The van der Waals surface area contributed by atoms with E-state index in [0.717, 1.165) is 16.8 Å². The molecule has 0 N–H and O–H groups in total. The summed E-state index contributed by atoms with van der Waals surface area (Å²) in [5.74, 6) is 1.56. The minimum absolute atomic E-state index is 0.149.